The maximum absolute atomic E-state index is 13.5. The maximum Gasteiger partial charge on any atom is 0.231 e. The molecule has 3 nitrogen and oxygen atoms in total. The first-order valence-corrected chi connectivity index (χ1v) is 7.95. The molecule has 0 aliphatic carbocycles. The zero-order valence-corrected chi connectivity index (χ0v) is 13.3. The molecule has 0 saturated carbocycles. The Labute approximate surface area is 127 Å². The Morgan fingerprint density at radius 2 is 2.30 bits per heavy atom. The van der Waals surface area contributed by atoms with E-state index in [0.29, 0.717) is 12.0 Å². The predicted octanol–water partition coefficient (Wildman–Crippen LogP) is 3.72. The number of pyridine rings is 1. The third-order valence-corrected chi connectivity index (χ3v) is 4.95. The fourth-order valence-electron chi connectivity index (χ4n) is 2.11. The van der Waals surface area contributed by atoms with Gasteiger partial charge in [-0.3, -0.25) is 5.14 Å². The third-order valence-electron chi connectivity index (χ3n) is 3.32. The minimum absolute atomic E-state index is 0.0279. The number of rotatable bonds is 7. The summed E-state index contributed by atoms with van der Waals surface area (Å²) in [5.41, 5.74) is 0.680. The van der Waals surface area contributed by atoms with E-state index in [1.165, 1.54) is 6.20 Å². The summed E-state index contributed by atoms with van der Waals surface area (Å²) in [7, 11) is -1.47. The van der Waals surface area contributed by atoms with Crippen LogP contribution in [0.2, 0.25) is 5.02 Å². The second-order valence-electron chi connectivity index (χ2n) is 5.33. The molecule has 112 valence electrons. The van der Waals surface area contributed by atoms with E-state index < -0.39 is 21.7 Å². The molecule has 0 aliphatic rings. The van der Waals surface area contributed by atoms with Gasteiger partial charge in [0, 0.05) is 6.20 Å². The van der Waals surface area contributed by atoms with Crippen molar-refractivity contribution in [3.8, 4) is 0 Å². The first-order chi connectivity index (χ1) is 9.29. The zero-order chi connectivity index (χ0) is 15.3. The molecule has 2 atom stereocenters. The van der Waals surface area contributed by atoms with Crippen molar-refractivity contribution in [2.75, 3.05) is 0 Å². The van der Waals surface area contributed by atoms with Crippen LogP contribution in [0.1, 0.15) is 44.6 Å². The number of nitrogens with zero attached hydrogens (tertiary/aromatic N) is 1. The van der Waals surface area contributed by atoms with Crippen molar-refractivity contribution in [2.24, 2.45) is 5.14 Å². The summed E-state index contributed by atoms with van der Waals surface area (Å²) in [5, 5.41) is 5.55. The van der Waals surface area contributed by atoms with Gasteiger partial charge in [0.1, 0.15) is 0 Å². The lowest BCUT2D eigenvalue weighted by molar-refractivity contribution is 0.491. The Balaban J connectivity index is 3.09. The van der Waals surface area contributed by atoms with Crippen LogP contribution < -0.4 is 5.14 Å². The predicted molar refractivity (Wildman–Crippen MR) is 82.4 cm³/mol. The molecule has 1 aromatic rings. The molecule has 2 N–H and O–H groups in total. The lowest BCUT2D eigenvalue weighted by Gasteiger charge is -2.28. The van der Waals surface area contributed by atoms with E-state index in [9.17, 15) is 8.60 Å². The lowest BCUT2D eigenvalue weighted by Crippen LogP contribution is -2.33. The highest BCUT2D eigenvalue weighted by Crippen LogP contribution is 2.36. The van der Waals surface area contributed by atoms with Crippen LogP contribution in [0.5, 0.6) is 0 Å². The third kappa shape index (κ3) is 4.36. The van der Waals surface area contributed by atoms with Crippen molar-refractivity contribution in [1.82, 2.24) is 4.98 Å². The standard InChI is InChI=1S/C14H20ClFN2OS/c1-4-5-6-10(9-14(2,3)20(17)19)11-7-8-18-13(16)12(11)15/h4,7-8,10H,1,5-6,9,17H2,2-3H3/t10-,20?/m0/s1. The normalized spacial score (nSPS) is 14.8. The van der Waals surface area contributed by atoms with E-state index in [1.54, 1.807) is 12.1 Å². The molecule has 0 amide bonds. The summed E-state index contributed by atoms with van der Waals surface area (Å²) < 4.78 is 24.5. The van der Waals surface area contributed by atoms with Gasteiger partial charge in [-0.2, -0.15) is 4.39 Å². The number of halogens is 2. The van der Waals surface area contributed by atoms with Crippen LogP contribution in [0.3, 0.4) is 0 Å². The minimum atomic E-state index is -1.47. The lowest BCUT2D eigenvalue weighted by atomic mass is 9.86. The van der Waals surface area contributed by atoms with Crippen LogP contribution in [0.4, 0.5) is 4.39 Å². The van der Waals surface area contributed by atoms with Crippen molar-refractivity contribution < 1.29 is 8.60 Å². The first kappa shape index (κ1) is 17.3. The van der Waals surface area contributed by atoms with Crippen LogP contribution in [-0.4, -0.2) is 13.9 Å². The number of nitrogens with two attached hydrogens (primary N) is 1. The topological polar surface area (TPSA) is 56.0 Å². The highest BCUT2D eigenvalue weighted by Gasteiger charge is 2.29. The minimum Gasteiger partial charge on any atom is -0.251 e. The van der Waals surface area contributed by atoms with Gasteiger partial charge in [0.25, 0.3) is 0 Å². The van der Waals surface area contributed by atoms with E-state index in [4.69, 9.17) is 16.7 Å². The fourth-order valence-corrected chi connectivity index (χ4v) is 2.74. The molecular formula is C14H20ClFN2OS. The highest BCUT2D eigenvalue weighted by atomic mass is 35.5. The van der Waals surface area contributed by atoms with Crippen molar-refractivity contribution in [3.63, 3.8) is 0 Å². The van der Waals surface area contributed by atoms with E-state index in [0.717, 1.165) is 12.8 Å². The van der Waals surface area contributed by atoms with Crippen LogP contribution in [-0.2, 0) is 11.0 Å². The summed E-state index contributed by atoms with van der Waals surface area (Å²) in [6, 6.07) is 1.70. The van der Waals surface area contributed by atoms with Gasteiger partial charge in [-0.25, -0.2) is 9.19 Å². The first-order valence-electron chi connectivity index (χ1n) is 6.36. The zero-order valence-electron chi connectivity index (χ0n) is 11.7. The van der Waals surface area contributed by atoms with Gasteiger partial charge in [0.2, 0.25) is 5.95 Å². The molecule has 6 heteroatoms. The molecule has 0 spiro atoms. The van der Waals surface area contributed by atoms with Crippen molar-refractivity contribution in [3.05, 3.63) is 41.5 Å². The molecule has 0 saturated heterocycles. The van der Waals surface area contributed by atoms with Gasteiger partial charge in [-0.05, 0) is 50.7 Å². The summed E-state index contributed by atoms with van der Waals surface area (Å²) >= 11 is 6.00. The molecule has 1 rings (SSSR count). The molecule has 1 unspecified atom stereocenters. The number of aromatic nitrogens is 1. The summed E-state index contributed by atoms with van der Waals surface area (Å²) in [6.45, 7) is 7.35. The Hall–Kier alpha value is -0.780. The average molecular weight is 319 g/mol. The summed E-state index contributed by atoms with van der Waals surface area (Å²) in [4.78, 5) is 3.53. The van der Waals surface area contributed by atoms with Crippen LogP contribution in [0.25, 0.3) is 0 Å². The average Bonchev–Trinajstić information content (AvgIpc) is 2.37. The Morgan fingerprint density at radius 3 is 2.85 bits per heavy atom. The number of hydrogen-bond donors (Lipinski definition) is 1. The molecule has 1 aromatic heterocycles. The van der Waals surface area contributed by atoms with Gasteiger partial charge in [-0.1, -0.05) is 17.7 Å². The molecule has 20 heavy (non-hydrogen) atoms. The molecule has 0 aromatic carbocycles. The largest absolute Gasteiger partial charge is 0.251 e. The van der Waals surface area contributed by atoms with Gasteiger partial charge in [0.05, 0.1) is 20.8 Å². The SMILES string of the molecule is C=CCC[C@@H](CC(C)(C)S(N)=O)c1ccnc(F)c1Cl. The molecule has 0 bridgehead atoms. The van der Waals surface area contributed by atoms with E-state index >= 15 is 0 Å². The molecule has 1 heterocycles. The highest BCUT2D eigenvalue weighted by molar-refractivity contribution is 7.84. The fraction of sp³-hybridized carbons (Fsp3) is 0.500. The second-order valence-corrected chi connectivity index (χ2v) is 7.41. The van der Waals surface area contributed by atoms with Gasteiger partial charge in [0.15, 0.2) is 0 Å². The van der Waals surface area contributed by atoms with Crippen LogP contribution in [0, 0.1) is 5.95 Å². The smallest absolute Gasteiger partial charge is 0.231 e. The molecule has 0 aliphatic heterocycles. The Kier molecular flexibility index (Phi) is 6.30. The monoisotopic (exact) mass is 318 g/mol. The van der Waals surface area contributed by atoms with Crippen LogP contribution >= 0.6 is 11.6 Å². The van der Waals surface area contributed by atoms with E-state index in [1.807, 2.05) is 13.8 Å². The van der Waals surface area contributed by atoms with Crippen molar-refractivity contribution >= 4 is 22.6 Å². The maximum atomic E-state index is 13.5. The van der Waals surface area contributed by atoms with E-state index in [-0.39, 0.29) is 10.9 Å². The van der Waals surface area contributed by atoms with Gasteiger partial charge in [-0.15, -0.1) is 6.58 Å². The van der Waals surface area contributed by atoms with Crippen molar-refractivity contribution in [1.29, 1.82) is 0 Å². The molecule has 0 fully saturated rings. The molecule has 0 radical (unpaired) electrons. The summed E-state index contributed by atoms with van der Waals surface area (Å²) in [5.74, 6) is -0.722. The quantitative estimate of drug-likeness (QED) is 0.615. The van der Waals surface area contributed by atoms with Crippen LogP contribution in [0.15, 0.2) is 24.9 Å². The van der Waals surface area contributed by atoms with E-state index in [2.05, 4.69) is 11.6 Å². The number of allylic oxidation sites excluding steroid dienone is 1. The van der Waals surface area contributed by atoms with Crippen molar-refractivity contribution in [2.45, 2.75) is 43.8 Å². The summed E-state index contributed by atoms with van der Waals surface area (Å²) in [6.07, 6.45) is 5.24. The Morgan fingerprint density at radius 1 is 1.65 bits per heavy atom. The number of hydrogen-bond acceptors (Lipinski definition) is 2. The second kappa shape index (κ2) is 7.29. The van der Waals surface area contributed by atoms with Gasteiger partial charge < -0.3 is 0 Å². The molecular weight excluding hydrogens is 299 g/mol. The van der Waals surface area contributed by atoms with Gasteiger partial charge >= 0.3 is 0 Å². The Bertz CT molecular complexity index is 508.